The predicted octanol–water partition coefficient (Wildman–Crippen LogP) is 2.69. The van der Waals surface area contributed by atoms with Crippen molar-refractivity contribution in [3.8, 4) is 0 Å². The van der Waals surface area contributed by atoms with E-state index < -0.39 is 0 Å². The summed E-state index contributed by atoms with van der Waals surface area (Å²) >= 11 is 0. The lowest BCUT2D eigenvalue weighted by atomic mass is 9.72. The summed E-state index contributed by atoms with van der Waals surface area (Å²) in [6.45, 7) is 5.29. The predicted molar refractivity (Wildman–Crippen MR) is 78.6 cm³/mol. The largest absolute Gasteiger partial charge is 0.356 e. The summed E-state index contributed by atoms with van der Waals surface area (Å²) in [5, 5.41) is 3.19. The molecule has 0 radical (unpaired) electrons. The molecule has 0 saturated heterocycles. The first kappa shape index (κ1) is 14.8. The van der Waals surface area contributed by atoms with Crippen LogP contribution in [0.3, 0.4) is 0 Å². The van der Waals surface area contributed by atoms with Gasteiger partial charge >= 0.3 is 0 Å². The van der Waals surface area contributed by atoms with Crippen LogP contribution in [-0.4, -0.2) is 18.5 Å². The minimum Gasteiger partial charge on any atom is -0.356 e. The van der Waals surface area contributed by atoms with Crippen LogP contribution >= 0.6 is 0 Å². The Labute approximate surface area is 117 Å². The number of hydrogen-bond acceptors (Lipinski definition) is 2. The van der Waals surface area contributed by atoms with Gasteiger partial charge in [0.1, 0.15) is 0 Å². The molecule has 110 valence electrons. The SMILES string of the molecule is CC1CC(C)C(C(=O)NCC2CCCCC2)CC1N. The topological polar surface area (TPSA) is 55.1 Å². The van der Waals surface area contributed by atoms with Crippen LogP contribution in [0, 0.1) is 23.7 Å². The maximum atomic E-state index is 12.3. The van der Waals surface area contributed by atoms with Gasteiger partial charge in [-0.25, -0.2) is 0 Å². The molecule has 0 spiro atoms. The highest BCUT2D eigenvalue weighted by atomic mass is 16.1. The summed E-state index contributed by atoms with van der Waals surface area (Å²) in [6, 6.07) is 0.196. The summed E-state index contributed by atoms with van der Waals surface area (Å²) in [5.74, 6) is 2.12. The molecular formula is C16H30N2O. The zero-order valence-corrected chi connectivity index (χ0v) is 12.5. The molecule has 3 nitrogen and oxygen atoms in total. The number of amides is 1. The Hall–Kier alpha value is -0.570. The van der Waals surface area contributed by atoms with Gasteiger partial charge in [-0.05, 0) is 43.4 Å². The van der Waals surface area contributed by atoms with E-state index in [-0.39, 0.29) is 17.9 Å². The summed E-state index contributed by atoms with van der Waals surface area (Å²) in [4.78, 5) is 12.3. The fraction of sp³-hybridized carbons (Fsp3) is 0.938. The van der Waals surface area contributed by atoms with Crippen LogP contribution in [0.1, 0.15) is 58.8 Å². The molecule has 2 rings (SSSR count). The van der Waals surface area contributed by atoms with Crippen LogP contribution in [-0.2, 0) is 4.79 Å². The molecule has 2 saturated carbocycles. The highest BCUT2D eigenvalue weighted by Crippen LogP contribution is 2.33. The van der Waals surface area contributed by atoms with Crippen molar-refractivity contribution in [1.29, 1.82) is 0 Å². The van der Waals surface area contributed by atoms with Gasteiger partial charge in [0, 0.05) is 18.5 Å². The quantitative estimate of drug-likeness (QED) is 0.825. The molecule has 0 bridgehead atoms. The molecule has 2 aliphatic carbocycles. The number of hydrogen-bond donors (Lipinski definition) is 2. The molecule has 0 heterocycles. The first-order valence-electron chi connectivity index (χ1n) is 8.11. The molecular weight excluding hydrogens is 236 g/mol. The van der Waals surface area contributed by atoms with E-state index in [2.05, 4.69) is 19.2 Å². The Kier molecular flexibility index (Phi) is 5.26. The van der Waals surface area contributed by atoms with E-state index in [0.29, 0.717) is 17.8 Å². The van der Waals surface area contributed by atoms with Crippen molar-refractivity contribution in [2.24, 2.45) is 29.4 Å². The van der Waals surface area contributed by atoms with Gasteiger partial charge < -0.3 is 11.1 Å². The van der Waals surface area contributed by atoms with Gasteiger partial charge in [0.05, 0.1) is 0 Å². The van der Waals surface area contributed by atoms with E-state index in [1.165, 1.54) is 32.1 Å². The van der Waals surface area contributed by atoms with Gasteiger partial charge in [-0.2, -0.15) is 0 Å². The van der Waals surface area contributed by atoms with Gasteiger partial charge in [-0.1, -0.05) is 33.1 Å². The van der Waals surface area contributed by atoms with Crippen LogP contribution in [0.25, 0.3) is 0 Å². The first-order chi connectivity index (χ1) is 9.08. The van der Waals surface area contributed by atoms with Crippen molar-refractivity contribution in [3.05, 3.63) is 0 Å². The van der Waals surface area contributed by atoms with Gasteiger partial charge in [0.2, 0.25) is 5.91 Å². The van der Waals surface area contributed by atoms with Crippen molar-refractivity contribution in [3.63, 3.8) is 0 Å². The lowest BCUT2D eigenvalue weighted by molar-refractivity contribution is -0.128. The zero-order valence-electron chi connectivity index (χ0n) is 12.5. The number of rotatable bonds is 3. The number of carbonyl (C=O) groups is 1. The van der Waals surface area contributed by atoms with Crippen LogP contribution in [0.4, 0.5) is 0 Å². The van der Waals surface area contributed by atoms with Gasteiger partial charge in [0.15, 0.2) is 0 Å². The second-order valence-corrected chi connectivity index (χ2v) is 6.95. The molecule has 4 atom stereocenters. The Morgan fingerprint density at radius 1 is 1.11 bits per heavy atom. The van der Waals surface area contributed by atoms with Crippen molar-refractivity contribution >= 4 is 5.91 Å². The Balaban J connectivity index is 1.78. The van der Waals surface area contributed by atoms with E-state index >= 15 is 0 Å². The van der Waals surface area contributed by atoms with E-state index in [1.807, 2.05) is 0 Å². The molecule has 0 aromatic heterocycles. The second kappa shape index (κ2) is 6.74. The average Bonchev–Trinajstić information content (AvgIpc) is 2.41. The fourth-order valence-corrected chi connectivity index (χ4v) is 3.82. The molecule has 4 unspecified atom stereocenters. The highest BCUT2D eigenvalue weighted by Gasteiger charge is 2.35. The number of nitrogens with one attached hydrogen (secondary N) is 1. The highest BCUT2D eigenvalue weighted by molar-refractivity contribution is 5.79. The lowest BCUT2D eigenvalue weighted by Gasteiger charge is -2.36. The van der Waals surface area contributed by atoms with Crippen molar-refractivity contribution in [1.82, 2.24) is 5.32 Å². The normalized spacial score (nSPS) is 37.0. The molecule has 2 aliphatic rings. The van der Waals surface area contributed by atoms with Crippen LogP contribution in [0.5, 0.6) is 0 Å². The summed E-state index contributed by atoms with van der Waals surface area (Å²) in [5.41, 5.74) is 6.13. The summed E-state index contributed by atoms with van der Waals surface area (Å²) < 4.78 is 0. The Morgan fingerprint density at radius 2 is 1.79 bits per heavy atom. The summed E-state index contributed by atoms with van der Waals surface area (Å²) in [6.07, 6.45) is 8.57. The molecule has 2 fully saturated rings. The van der Waals surface area contributed by atoms with E-state index in [4.69, 9.17) is 5.73 Å². The monoisotopic (exact) mass is 266 g/mol. The third-order valence-electron chi connectivity index (χ3n) is 5.31. The third kappa shape index (κ3) is 3.95. The van der Waals surface area contributed by atoms with Crippen molar-refractivity contribution in [2.75, 3.05) is 6.54 Å². The molecule has 0 aromatic rings. The van der Waals surface area contributed by atoms with E-state index in [9.17, 15) is 4.79 Å². The minimum absolute atomic E-state index is 0.134. The molecule has 0 aliphatic heterocycles. The molecule has 0 aromatic carbocycles. The first-order valence-corrected chi connectivity index (χ1v) is 8.11. The maximum absolute atomic E-state index is 12.3. The smallest absolute Gasteiger partial charge is 0.223 e. The standard InChI is InChI=1S/C16H30N2O/c1-11-8-12(2)15(17)9-14(11)16(19)18-10-13-6-4-3-5-7-13/h11-15H,3-10,17H2,1-2H3,(H,18,19). The maximum Gasteiger partial charge on any atom is 0.223 e. The number of carbonyl (C=O) groups excluding carboxylic acids is 1. The van der Waals surface area contributed by atoms with Gasteiger partial charge in [-0.15, -0.1) is 0 Å². The lowest BCUT2D eigenvalue weighted by Crippen LogP contribution is -2.46. The fourth-order valence-electron chi connectivity index (χ4n) is 3.82. The van der Waals surface area contributed by atoms with Crippen LogP contribution in [0.15, 0.2) is 0 Å². The Bertz CT molecular complexity index is 299. The van der Waals surface area contributed by atoms with Gasteiger partial charge in [-0.3, -0.25) is 4.79 Å². The van der Waals surface area contributed by atoms with E-state index in [1.54, 1.807) is 0 Å². The average molecular weight is 266 g/mol. The van der Waals surface area contributed by atoms with Crippen LogP contribution in [0.2, 0.25) is 0 Å². The van der Waals surface area contributed by atoms with Gasteiger partial charge in [0.25, 0.3) is 0 Å². The molecule has 19 heavy (non-hydrogen) atoms. The minimum atomic E-state index is 0.134. The molecule has 3 heteroatoms. The van der Waals surface area contributed by atoms with Crippen molar-refractivity contribution < 1.29 is 4.79 Å². The second-order valence-electron chi connectivity index (χ2n) is 6.95. The molecule has 1 amide bonds. The van der Waals surface area contributed by atoms with Crippen molar-refractivity contribution in [2.45, 2.75) is 64.8 Å². The summed E-state index contributed by atoms with van der Waals surface area (Å²) in [7, 11) is 0. The molecule has 3 N–H and O–H groups in total. The zero-order chi connectivity index (χ0) is 13.8. The van der Waals surface area contributed by atoms with Crippen LogP contribution < -0.4 is 11.1 Å². The third-order valence-corrected chi connectivity index (χ3v) is 5.31. The van der Waals surface area contributed by atoms with E-state index in [0.717, 1.165) is 19.4 Å². The Morgan fingerprint density at radius 3 is 2.47 bits per heavy atom. The number of nitrogens with two attached hydrogens (primary N) is 1.